The van der Waals surface area contributed by atoms with Crippen LogP contribution in [0.25, 0.3) is 16.6 Å². The number of pyridine rings is 1. The van der Waals surface area contributed by atoms with Crippen molar-refractivity contribution in [3.05, 3.63) is 66.5 Å². The van der Waals surface area contributed by atoms with Crippen LogP contribution in [0.15, 0.2) is 60.9 Å². The first-order valence-electron chi connectivity index (χ1n) is 5.71. The molecule has 1 aromatic carbocycles. The van der Waals surface area contributed by atoms with Gasteiger partial charge in [-0.15, -0.1) is 0 Å². The molecule has 0 aliphatic heterocycles. The molecule has 0 aliphatic carbocycles. The number of benzene rings is 1. The molecule has 0 fully saturated rings. The Labute approximate surface area is 104 Å². The fraction of sp³-hybridized carbons (Fsp3) is 0. The molecule has 3 heteroatoms. The van der Waals surface area contributed by atoms with Crippen molar-refractivity contribution in [3.63, 3.8) is 0 Å². The number of hydrogen-bond acceptors (Lipinski definition) is 1. The van der Waals surface area contributed by atoms with E-state index in [1.54, 1.807) is 6.07 Å². The highest BCUT2D eigenvalue weighted by atomic mass is 16.1. The molecule has 2 heterocycles. The molecule has 3 nitrogen and oxygen atoms in total. The van der Waals surface area contributed by atoms with Crippen LogP contribution < -0.4 is 5.73 Å². The van der Waals surface area contributed by atoms with E-state index in [1.165, 1.54) is 0 Å². The molecule has 2 aromatic heterocycles. The van der Waals surface area contributed by atoms with Crippen molar-refractivity contribution in [2.75, 3.05) is 0 Å². The van der Waals surface area contributed by atoms with E-state index in [0.29, 0.717) is 5.56 Å². The lowest BCUT2D eigenvalue weighted by Gasteiger charge is -1.98. The summed E-state index contributed by atoms with van der Waals surface area (Å²) in [4.78, 5) is 11.4. The van der Waals surface area contributed by atoms with Gasteiger partial charge < -0.3 is 10.1 Å². The van der Waals surface area contributed by atoms with Gasteiger partial charge in [-0.2, -0.15) is 0 Å². The van der Waals surface area contributed by atoms with Crippen molar-refractivity contribution < 1.29 is 4.79 Å². The Morgan fingerprint density at radius 1 is 1.00 bits per heavy atom. The maximum absolute atomic E-state index is 11.4. The number of fused-ring (bicyclic) bond motifs is 1. The molecular weight excluding hydrogens is 224 g/mol. The van der Waals surface area contributed by atoms with E-state index >= 15 is 0 Å². The number of amides is 1. The number of nitrogens with two attached hydrogens (primary N) is 1. The standard InChI is InChI=1S/C15H12N2O/c16-15(18)13-7-4-8-17-10-12(9-14(13)17)11-5-2-1-3-6-11/h1-10H,(H2,16,18). The summed E-state index contributed by atoms with van der Waals surface area (Å²) in [6, 6.07) is 15.6. The van der Waals surface area contributed by atoms with Crippen LogP contribution in [0, 0.1) is 0 Å². The minimum absolute atomic E-state index is 0.404. The highest BCUT2D eigenvalue weighted by Gasteiger charge is 2.09. The third-order valence-corrected chi connectivity index (χ3v) is 3.01. The number of carbonyl (C=O) groups excluding carboxylic acids is 1. The summed E-state index contributed by atoms with van der Waals surface area (Å²) in [7, 11) is 0. The Hall–Kier alpha value is -2.55. The van der Waals surface area contributed by atoms with Crippen LogP contribution in [0.3, 0.4) is 0 Å². The fourth-order valence-corrected chi connectivity index (χ4v) is 2.13. The molecule has 0 unspecified atom stereocenters. The zero-order chi connectivity index (χ0) is 12.5. The van der Waals surface area contributed by atoms with Crippen molar-refractivity contribution in [1.29, 1.82) is 0 Å². The second-order valence-electron chi connectivity index (χ2n) is 4.17. The molecule has 0 bridgehead atoms. The highest BCUT2D eigenvalue weighted by Crippen LogP contribution is 2.24. The normalized spacial score (nSPS) is 10.7. The largest absolute Gasteiger partial charge is 0.366 e. The SMILES string of the molecule is NC(=O)c1cccn2cc(-c3ccccc3)cc12. The van der Waals surface area contributed by atoms with Gasteiger partial charge in [0.15, 0.2) is 0 Å². The van der Waals surface area contributed by atoms with Crippen molar-refractivity contribution in [2.24, 2.45) is 5.73 Å². The summed E-state index contributed by atoms with van der Waals surface area (Å²) in [6.45, 7) is 0. The Morgan fingerprint density at radius 2 is 1.78 bits per heavy atom. The molecule has 0 spiro atoms. The third kappa shape index (κ3) is 1.66. The number of aromatic nitrogens is 1. The fourth-order valence-electron chi connectivity index (χ4n) is 2.13. The Kier molecular flexibility index (Phi) is 2.38. The molecule has 2 N–H and O–H groups in total. The van der Waals surface area contributed by atoms with Crippen molar-refractivity contribution in [1.82, 2.24) is 4.40 Å². The zero-order valence-corrected chi connectivity index (χ0v) is 9.71. The quantitative estimate of drug-likeness (QED) is 0.730. The summed E-state index contributed by atoms with van der Waals surface area (Å²) >= 11 is 0. The minimum atomic E-state index is -0.404. The minimum Gasteiger partial charge on any atom is -0.366 e. The molecular formula is C15H12N2O. The van der Waals surface area contributed by atoms with Gasteiger partial charge in [-0.25, -0.2) is 0 Å². The number of rotatable bonds is 2. The van der Waals surface area contributed by atoms with Gasteiger partial charge in [0.2, 0.25) is 0 Å². The lowest BCUT2D eigenvalue weighted by atomic mass is 10.1. The molecule has 0 saturated heterocycles. The topological polar surface area (TPSA) is 47.5 Å². The number of nitrogens with zero attached hydrogens (tertiary/aromatic N) is 1. The van der Waals surface area contributed by atoms with E-state index in [4.69, 9.17) is 5.73 Å². The molecule has 0 atom stereocenters. The van der Waals surface area contributed by atoms with Crippen molar-refractivity contribution in [2.45, 2.75) is 0 Å². The smallest absolute Gasteiger partial charge is 0.250 e. The maximum atomic E-state index is 11.4. The Bertz CT molecular complexity index is 714. The second-order valence-corrected chi connectivity index (χ2v) is 4.17. The summed E-state index contributed by atoms with van der Waals surface area (Å²) in [5.41, 5.74) is 8.95. The second kappa shape index (κ2) is 4.04. The predicted octanol–water partition coefficient (Wildman–Crippen LogP) is 2.71. The predicted molar refractivity (Wildman–Crippen MR) is 71.4 cm³/mol. The van der Waals surface area contributed by atoms with Crippen molar-refractivity contribution in [3.8, 4) is 11.1 Å². The number of carbonyl (C=O) groups is 1. The summed E-state index contributed by atoms with van der Waals surface area (Å²) in [6.07, 6.45) is 3.91. The number of primary amides is 1. The molecule has 18 heavy (non-hydrogen) atoms. The van der Waals surface area contributed by atoms with Gasteiger partial charge >= 0.3 is 0 Å². The average molecular weight is 236 g/mol. The molecule has 0 saturated carbocycles. The zero-order valence-electron chi connectivity index (χ0n) is 9.71. The summed E-state index contributed by atoms with van der Waals surface area (Å²) < 4.78 is 1.92. The summed E-state index contributed by atoms with van der Waals surface area (Å²) in [5.74, 6) is -0.404. The van der Waals surface area contributed by atoms with E-state index in [-0.39, 0.29) is 0 Å². The lowest BCUT2D eigenvalue weighted by Crippen LogP contribution is -2.11. The van der Waals surface area contributed by atoms with Gasteiger partial charge in [-0.3, -0.25) is 4.79 Å². The molecule has 0 aliphatic rings. The highest BCUT2D eigenvalue weighted by molar-refractivity contribution is 6.00. The van der Waals surface area contributed by atoms with Gasteiger partial charge in [-0.05, 0) is 23.8 Å². The Balaban J connectivity index is 2.23. The summed E-state index contributed by atoms with van der Waals surface area (Å²) in [5, 5.41) is 0. The van der Waals surface area contributed by atoms with Crippen LogP contribution in [-0.2, 0) is 0 Å². The van der Waals surface area contributed by atoms with Gasteiger partial charge in [0.05, 0.1) is 11.1 Å². The first-order valence-corrected chi connectivity index (χ1v) is 5.71. The van der Waals surface area contributed by atoms with Crippen LogP contribution in [0.2, 0.25) is 0 Å². The van der Waals surface area contributed by atoms with Crippen LogP contribution in [0.4, 0.5) is 0 Å². The molecule has 3 aromatic rings. The van der Waals surface area contributed by atoms with Gasteiger partial charge in [0.1, 0.15) is 0 Å². The van der Waals surface area contributed by atoms with Crippen LogP contribution >= 0.6 is 0 Å². The van der Waals surface area contributed by atoms with Crippen LogP contribution in [0.5, 0.6) is 0 Å². The van der Waals surface area contributed by atoms with Gasteiger partial charge in [0.25, 0.3) is 5.91 Å². The first-order chi connectivity index (χ1) is 8.75. The molecule has 88 valence electrons. The lowest BCUT2D eigenvalue weighted by molar-refractivity contribution is 0.100. The maximum Gasteiger partial charge on any atom is 0.250 e. The Morgan fingerprint density at radius 3 is 2.50 bits per heavy atom. The first kappa shape index (κ1) is 10.6. The van der Waals surface area contributed by atoms with Crippen molar-refractivity contribution >= 4 is 11.4 Å². The molecule has 1 amide bonds. The number of hydrogen-bond donors (Lipinski definition) is 1. The monoisotopic (exact) mass is 236 g/mol. The third-order valence-electron chi connectivity index (χ3n) is 3.01. The van der Waals surface area contributed by atoms with Gasteiger partial charge in [0, 0.05) is 18.0 Å². The average Bonchev–Trinajstić information content (AvgIpc) is 2.83. The van der Waals surface area contributed by atoms with E-state index in [0.717, 1.165) is 16.6 Å². The van der Waals surface area contributed by atoms with E-state index in [9.17, 15) is 4.79 Å². The molecule has 0 radical (unpaired) electrons. The van der Waals surface area contributed by atoms with Gasteiger partial charge in [-0.1, -0.05) is 30.3 Å². The van der Waals surface area contributed by atoms with Crippen LogP contribution in [0.1, 0.15) is 10.4 Å². The van der Waals surface area contributed by atoms with Crippen LogP contribution in [-0.4, -0.2) is 10.3 Å². The van der Waals surface area contributed by atoms with E-state index < -0.39 is 5.91 Å². The van der Waals surface area contributed by atoms with E-state index in [2.05, 4.69) is 0 Å². The molecule has 3 rings (SSSR count). The van der Waals surface area contributed by atoms with E-state index in [1.807, 2.05) is 59.3 Å².